The maximum absolute atomic E-state index is 13.4. The number of rotatable bonds is 3. The molecular formula is C14H16F2O. The quantitative estimate of drug-likeness (QED) is 0.858. The minimum absolute atomic E-state index is 0.0324. The number of hydrogen-bond acceptors (Lipinski definition) is 1. The molecule has 2 aliphatic carbocycles. The van der Waals surface area contributed by atoms with E-state index in [2.05, 4.69) is 0 Å². The van der Waals surface area contributed by atoms with Gasteiger partial charge in [0.25, 0.3) is 0 Å². The molecule has 0 heterocycles. The molecule has 1 aromatic carbocycles. The van der Waals surface area contributed by atoms with E-state index < -0.39 is 17.7 Å². The van der Waals surface area contributed by atoms with Gasteiger partial charge < -0.3 is 5.11 Å². The molecule has 1 N–H and O–H groups in total. The summed E-state index contributed by atoms with van der Waals surface area (Å²) >= 11 is 0. The Morgan fingerprint density at radius 3 is 2.35 bits per heavy atom. The zero-order valence-electron chi connectivity index (χ0n) is 9.57. The van der Waals surface area contributed by atoms with Crippen LogP contribution in [0.1, 0.15) is 24.8 Å². The Morgan fingerprint density at radius 1 is 1.18 bits per heavy atom. The minimum atomic E-state index is -0.586. The molecule has 0 saturated heterocycles. The summed E-state index contributed by atoms with van der Waals surface area (Å²) in [7, 11) is 0. The predicted molar refractivity (Wildman–Crippen MR) is 60.4 cm³/mol. The van der Waals surface area contributed by atoms with Crippen molar-refractivity contribution in [3.63, 3.8) is 0 Å². The van der Waals surface area contributed by atoms with E-state index in [1.165, 1.54) is 37.5 Å². The van der Waals surface area contributed by atoms with Gasteiger partial charge in [0.1, 0.15) is 11.6 Å². The van der Waals surface area contributed by atoms with Crippen LogP contribution >= 0.6 is 0 Å². The molecule has 2 fully saturated rings. The van der Waals surface area contributed by atoms with Crippen LogP contribution in [0, 0.1) is 29.4 Å². The van der Waals surface area contributed by atoms with Crippen molar-refractivity contribution in [2.24, 2.45) is 17.8 Å². The molecule has 3 heteroatoms. The van der Waals surface area contributed by atoms with E-state index >= 15 is 0 Å². The van der Waals surface area contributed by atoms with Gasteiger partial charge in [-0.15, -0.1) is 0 Å². The van der Waals surface area contributed by atoms with Gasteiger partial charge in [-0.1, -0.05) is 12.5 Å². The summed E-state index contributed by atoms with van der Waals surface area (Å²) < 4.78 is 26.9. The first-order valence-electron chi connectivity index (χ1n) is 6.29. The lowest BCUT2D eigenvalue weighted by molar-refractivity contribution is 0.133. The van der Waals surface area contributed by atoms with Crippen LogP contribution in [0.4, 0.5) is 8.78 Å². The molecule has 0 bridgehead atoms. The van der Waals surface area contributed by atoms with Gasteiger partial charge in [-0.25, -0.2) is 8.78 Å². The first-order chi connectivity index (χ1) is 8.18. The van der Waals surface area contributed by atoms with Crippen LogP contribution < -0.4 is 0 Å². The van der Waals surface area contributed by atoms with Crippen LogP contribution in [0.15, 0.2) is 18.2 Å². The van der Waals surface area contributed by atoms with Crippen molar-refractivity contribution in [1.82, 2.24) is 0 Å². The minimum Gasteiger partial charge on any atom is -0.392 e. The highest BCUT2D eigenvalue weighted by Gasteiger charge is 2.55. The number of aliphatic hydroxyl groups is 1. The van der Waals surface area contributed by atoms with Crippen molar-refractivity contribution in [2.45, 2.75) is 31.8 Å². The Labute approximate surface area is 99.5 Å². The van der Waals surface area contributed by atoms with E-state index in [0.717, 1.165) is 0 Å². The third kappa shape index (κ3) is 1.86. The zero-order valence-corrected chi connectivity index (χ0v) is 9.57. The van der Waals surface area contributed by atoms with Crippen LogP contribution in [-0.2, 0) is 6.42 Å². The molecule has 1 aromatic rings. The number of fused-ring (bicyclic) bond motifs is 1. The maximum Gasteiger partial charge on any atom is 0.129 e. The zero-order chi connectivity index (χ0) is 12.0. The highest BCUT2D eigenvalue weighted by molar-refractivity contribution is 5.21. The van der Waals surface area contributed by atoms with Crippen molar-refractivity contribution in [3.05, 3.63) is 35.4 Å². The smallest absolute Gasteiger partial charge is 0.129 e. The van der Waals surface area contributed by atoms with Gasteiger partial charge in [0.15, 0.2) is 0 Å². The summed E-state index contributed by atoms with van der Waals surface area (Å²) in [5, 5.41) is 10.1. The van der Waals surface area contributed by atoms with Crippen LogP contribution in [0.5, 0.6) is 0 Å². The Kier molecular flexibility index (Phi) is 2.66. The number of halogens is 2. The molecule has 3 rings (SSSR count). The first kappa shape index (κ1) is 11.1. The van der Waals surface area contributed by atoms with Gasteiger partial charge in [-0.2, -0.15) is 0 Å². The van der Waals surface area contributed by atoms with Crippen molar-refractivity contribution in [1.29, 1.82) is 0 Å². The molecule has 2 saturated carbocycles. The highest BCUT2D eigenvalue weighted by atomic mass is 19.1. The number of hydrogen-bond donors (Lipinski definition) is 1. The van der Waals surface area contributed by atoms with Crippen molar-refractivity contribution < 1.29 is 13.9 Å². The van der Waals surface area contributed by atoms with Crippen LogP contribution in [-0.4, -0.2) is 11.2 Å². The van der Waals surface area contributed by atoms with Crippen molar-refractivity contribution >= 4 is 0 Å². The lowest BCUT2D eigenvalue weighted by Gasteiger charge is -2.13. The fourth-order valence-corrected chi connectivity index (χ4v) is 3.52. The van der Waals surface area contributed by atoms with Crippen molar-refractivity contribution in [3.8, 4) is 0 Å². The van der Waals surface area contributed by atoms with Gasteiger partial charge in [0, 0.05) is 12.0 Å². The Bertz CT molecular complexity index is 402. The Morgan fingerprint density at radius 2 is 1.76 bits per heavy atom. The molecule has 0 amide bonds. The number of benzene rings is 1. The van der Waals surface area contributed by atoms with Crippen molar-refractivity contribution in [2.75, 3.05) is 0 Å². The second kappa shape index (κ2) is 4.05. The van der Waals surface area contributed by atoms with E-state index in [9.17, 15) is 13.9 Å². The second-order valence-corrected chi connectivity index (χ2v) is 5.31. The van der Waals surface area contributed by atoms with E-state index in [4.69, 9.17) is 0 Å². The SMILES string of the molecule is OC(Cc1c(F)cccc1F)C1C2CCCC21. The molecule has 1 nitrogen and oxygen atoms in total. The maximum atomic E-state index is 13.4. The summed E-state index contributed by atoms with van der Waals surface area (Å²) in [6.45, 7) is 0. The fourth-order valence-electron chi connectivity index (χ4n) is 3.52. The average Bonchev–Trinajstić information content (AvgIpc) is 2.78. The molecule has 2 aliphatic rings. The molecule has 0 spiro atoms. The second-order valence-electron chi connectivity index (χ2n) is 5.31. The van der Waals surface area contributed by atoms with E-state index in [0.29, 0.717) is 11.8 Å². The van der Waals surface area contributed by atoms with Gasteiger partial charge in [0.05, 0.1) is 6.10 Å². The van der Waals surface area contributed by atoms with Gasteiger partial charge >= 0.3 is 0 Å². The number of aliphatic hydroxyl groups excluding tert-OH is 1. The summed E-state index contributed by atoms with van der Waals surface area (Å²) in [5.74, 6) is 0.409. The topological polar surface area (TPSA) is 20.2 Å². The normalized spacial score (nSPS) is 32.3. The van der Waals surface area contributed by atoms with Crippen LogP contribution in [0.25, 0.3) is 0 Å². The third-order valence-electron chi connectivity index (χ3n) is 4.39. The molecule has 0 aromatic heterocycles. The molecule has 92 valence electrons. The van der Waals surface area contributed by atoms with E-state index in [-0.39, 0.29) is 17.9 Å². The molecule has 17 heavy (non-hydrogen) atoms. The van der Waals surface area contributed by atoms with Gasteiger partial charge in [0.2, 0.25) is 0 Å². The van der Waals surface area contributed by atoms with E-state index in [1.54, 1.807) is 0 Å². The largest absolute Gasteiger partial charge is 0.392 e. The van der Waals surface area contributed by atoms with Gasteiger partial charge in [-0.05, 0) is 42.7 Å². The Hall–Kier alpha value is -0.960. The molecule has 3 unspecified atom stereocenters. The summed E-state index contributed by atoms with van der Waals surface area (Å²) in [6, 6.07) is 3.85. The lowest BCUT2D eigenvalue weighted by Crippen LogP contribution is -2.18. The van der Waals surface area contributed by atoms with E-state index in [1.807, 2.05) is 0 Å². The fraction of sp³-hybridized carbons (Fsp3) is 0.571. The Balaban J connectivity index is 1.71. The third-order valence-corrected chi connectivity index (χ3v) is 4.39. The summed E-state index contributed by atoms with van der Waals surface area (Å²) in [5.41, 5.74) is 0.0324. The first-order valence-corrected chi connectivity index (χ1v) is 6.29. The molecule has 0 aliphatic heterocycles. The van der Waals surface area contributed by atoms with Crippen LogP contribution in [0.3, 0.4) is 0 Å². The molecular weight excluding hydrogens is 222 g/mol. The standard InChI is InChI=1S/C14H16F2O/c15-11-5-2-6-12(16)10(11)7-13(17)14-8-3-1-4-9(8)14/h2,5-6,8-9,13-14,17H,1,3-4,7H2. The summed E-state index contributed by atoms with van der Waals surface area (Å²) in [6.07, 6.45) is 3.11. The molecule has 0 radical (unpaired) electrons. The predicted octanol–water partition coefficient (Wildman–Crippen LogP) is 2.91. The highest BCUT2D eigenvalue weighted by Crippen LogP contribution is 2.59. The average molecular weight is 238 g/mol. The monoisotopic (exact) mass is 238 g/mol. The summed E-state index contributed by atoms with van der Waals surface area (Å²) in [4.78, 5) is 0. The van der Waals surface area contributed by atoms with Gasteiger partial charge in [-0.3, -0.25) is 0 Å². The molecule has 3 atom stereocenters. The lowest BCUT2D eigenvalue weighted by atomic mass is 9.99. The van der Waals surface area contributed by atoms with Crippen LogP contribution in [0.2, 0.25) is 0 Å².